The summed E-state index contributed by atoms with van der Waals surface area (Å²) in [6, 6.07) is 4.90. The van der Waals surface area contributed by atoms with Crippen molar-refractivity contribution in [2.45, 2.75) is 24.8 Å². The van der Waals surface area contributed by atoms with Gasteiger partial charge in [0.15, 0.2) is 0 Å². The van der Waals surface area contributed by atoms with Gasteiger partial charge in [0.05, 0.1) is 10.6 Å². The van der Waals surface area contributed by atoms with Crippen molar-refractivity contribution < 1.29 is 16.8 Å². The van der Waals surface area contributed by atoms with E-state index in [2.05, 4.69) is 4.72 Å². The van der Waals surface area contributed by atoms with Crippen LogP contribution in [0.3, 0.4) is 0 Å². The second-order valence-electron chi connectivity index (χ2n) is 4.69. The molecule has 3 N–H and O–H groups in total. The van der Waals surface area contributed by atoms with Gasteiger partial charge in [0.1, 0.15) is 9.84 Å². The Hall–Kier alpha value is -0.960. The highest BCUT2D eigenvalue weighted by atomic mass is 32.2. The van der Waals surface area contributed by atoms with Gasteiger partial charge in [0.2, 0.25) is 10.0 Å². The molecular formula is C12H20N2O4S2. The number of hydrogen-bond acceptors (Lipinski definition) is 5. The Balaban J connectivity index is 2.74. The molecule has 0 aliphatic carbocycles. The zero-order valence-electron chi connectivity index (χ0n) is 11.6. The van der Waals surface area contributed by atoms with Gasteiger partial charge >= 0.3 is 0 Å². The van der Waals surface area contributed by atoms with Crippen molar-refractivity contribution in [2.75, 3.05) is 18.6 Å². The lowest BCUT2D eigenvalue weighted by molar-refractivity contribution is 0.577. The molecule has 0 heterocycles. The summed E-state index contributed by atoms with van der Waals surface area (Å²) in [4.78, 5) is 0.189. The standard InChI is InChI=1S/C12H20N2O4S2/c1-10-8-11(9-13)4-5-12(10)20(17,18)14-6-3-7-19(2,15)16/h4-5,8,14H,3,6-7,9,13H2,1-2H3. The van der Waals surface area contributed by atoms with E-state index < -0.39 is 19.9 Å². The molecule has 0 aromatic heterocycles. The Morgan fingerprint density at radius 2 is 1.85 bits per heavy atom. The summed E-state index contributed by atoms with van der Waals surface area (Å²) in [5, 5.41) is 0. The number of sulfone groups is 1. The van der Waals surface area contributed by atoms with Crippen molar-refractivity contribution in [1.29, 1.82) is 0 Å². The van der Waals surface area contributed by atoms with E-state index in [1.807, 2.05) is 0 Å². The molecule has 1 aromatic carbocycles. The lowest BCUT2D eigenvalue weighted by Crippen LogP contribution is -2.26. The SMILES string of the molecule is Cc1cc(CN)ccc1S(=O)(=O)NCCCS(C)(=O)=O. The average Bonchev–Trinajstić information content (AvgIpc) is 2.33. The number of hydrogen-bond donors (Lipinski definition) is 2. The predicted octanol–water partition coefficient (Wildman–Crippen LogP) is 0.167. The maximum atomic E-state index is 12.1. The highest BCUT2D eigenvalue weighted by Crippen LogP contribution is 2.16. The topological polar surface area (TPSA) is 106 Å². The molecule has 0 amide bonds. The molecule has 0 atom stereocenters. The molecule has 0 unspecified atom stereocenters. The van der Waals surface area contributed by atoms with Crippen LogP contribution in [0, 0.1) is 6.92 Å². The second-order valence-corrected chi connectivity index (χ2v) is 8.68. The van der Waals surface area contributed by atoms with E-state index in [1.54, 1.807) is 19.1 Å². The van der Waals surface area contributed by atoms with Crippen LogP contribution in [-0.2, 0) is 26.4 Å². The van der Waals surface area contributed by atoms with Crippen molar-refractivity contribution in [3.8, 4) is 0 Å². The van der Waals surface area contributed by atoms with Crippen LogP contribution < -0.4 is 10.5 Å². The Labute approximate surface area is 120 Å². The van der Waals surface area contributed by atoms with E-state index in [4.69, 9.17) is 5.73 Å². The molecule has 0 spiro atoms. The van der Waals surface area contributed by atoms with Crippen LogP contribution in [-0.4, -0.2) is 35.4 Å². The van der Waals surface area contributed by atoms with Crippen molar-refractivity contribution in [2.24, 2.45) is 5.73 Å². The summed E-state index contributed by atoms with van der Waals surface area (Å²) in [5.41, 5.74) is 6.97. The number of rotatable bonds is 7. The molecule has 6 nitrogen and oxygen atoms in total. The van der Waals surface area contributed by atoms with Crippen LogP contribution in [0.5, 0.6) is 0 Å². The Morgan fingerprint density at radius 3 is 2.35 bits per heavy atom. The number of aryl methyl sites for hydroxylation is 1. The first-order valence-electron chi connectivity index (χ1n) is 6.13. The lowest BCUT2D eigenvalue weighted by atomic mass is 10.1. The molecule has 0 aliphatic rings. The Morgan fingerprint density at radius 1 is 1.20 bits per heavy atom. The van der Waals surface area contributed by atoms with Gasteiger partial charge in [-0.2, -0.15) is 0 Å². The minimum atomic E-state index is -3.62. The molecule has 8 heteroatoms. The van der Waals surface area contributed by atoms with Crippen LogP contribution in [0.15, 0.2) is 23.1 Å². The summed E-state index contributed by atoms with van der Waals surface area (Å²) < 4.78 is 48.5. The summed E-state index contributed by atoms with van der Waals surface area (Å²) in [6.45, 7) is 2.14. The van der Waals surface area contributed by atoms with Gasteiger partial charge in [-0.25, -0.2) is 21.6 Å². The molecule has 20 heavy (non-hydrogen) atoms. The second kappa shape index (κ2) is 6.66. The molecule has 0 saturated carbocycles. The highest BCUT2D eigenvalue weighted by Gasteiger charge is 2.16. The zero-order chi connectivity index (χ0) is 15.4. The third kappa shape index (κ3) is 5.20. The highest BCUT2D eigenvalue weighted by molar-refractivity contribution is 7.90. The van der Waals surface area contributed by atoms with E-state index in [0.717, 1.165) is 11.8 Å². The Kier molecular flexibility index (Phi) is 5.69. The van der Waals surface area contributed by atoms with E-state index in [9.17, 15) is 16.8 Å². The van der Waals surface area contributed by atoms with Crippen molar-refractivity contribution >= 4 is 19.9 Å². The number of nitrogens with two attached hydrogens (primary N) is 1. The average molecular weight is 320 g/mol. The quantitative estimate of drug-likeness (QED) is 0.696. The summed E-state index contributed by atoms with van der Waals surface area (Å²) >= 11 is 0. The maximum Gasteiger partial charge on any atom is 0.240 e. The first-order valence-corrected chi connectivity index (χ1v) is 9.67. The third-order valence-corrected chi connectivity index (χ3v) is 5.40. The number of nitrogens with one attached hydrogen (secondary N) is 1. The fraction of sp³-hybridized carbons (Fsp3) is 0.500. The van der Waals surface area contributed by atoms with Crippen LogP contribution in [0.2, 0.25) is 0 Å². The molecular weight excluding hydrogens is 300 g/mol. The van der Waals surface area contributed by atoms with E-state index >= 15 is 0 Å². The molecule has 0 bridgehead atoms. The fourth-order valence-electron chi connectivity index (χ4n) is 1.76. The predicted molar refractivity (Wildman–Crippen MR) is 78.6 cm³/mol. The monoisotopic (exact) mass is 320 g/mol. The summed E-state index contributed by atoms with van der Waals surface area (Å²) in [5.74, 6) is -0.0411. The molecule has 0 radical (unpaired) electrons. The molecule has 0 fully saturated rings. The first-order chi connectivity index (χ1) is 9.15. The van der Waals surface area contributed by atoms with E-state index in [1.165, 1.54) is 6.07 Å². The van der Waals surface area contributed by atoms with Gasteiger partial charge in [-0.3, -0.25) is 0 Å². The largest absolute Gasteiger partial charge is 0.326 e. The van der Waals surface area contributed by atoms with Crippen LogP contribution in [0.4, 0.5) is 0 Å². The van der Waals surface area contributed by atoms with Crippen LogP contribution in [0.1, 0.15) is 17.5 Å². The Bertz CT molecular complexity index is 667. The molecule has 114 valence electrons. The van der Waals surface area contributed by atoms with Gasteiger partial charge in [-0.15, -0.1) is 0 Å². The van der Waals surface area contributed by atoms with Gasteiger partial charge in [-0.05, 0) is 30.5 Å². The smallest absolute Gasteiger partial charge is 0.240 e. The third-order valence-electron chi connectivity index (χ3n) is 2.75. The molecule has 1 rings (SSSR count). The summed E-state index contributed by atoms with van der Waals surface area (Å²) in [7, 11) is -6.69. The van der Waals surface area contributed by atoms with Gasteiger partial charge in [-0.1, -0.05) is 12.1 Å². The molecule has 1 aromatic rings. The summed E-state index contributed by atoms with van der Waals surface area (Å²) in [6.07, 6.45) is 1.37. The molecule has 0 saturated heterocycles. The minimum absolute atomic E-state index is 0.0411. The fourth-order valence-corrected chi connectivity index (χ4v) is 3.73. The zero-order valence-corrected chi connectivity index (χ0v) is 13.2. The van der Waals surface area contributed by atoms with Crippen molar-refractivity contribution in [1.82, 2.24) is 4.72 Å². The molecule has 0 aliphatic heterocycles. The minimum Gasteiger partial charge on any atom is -0.326 e. The maximum absolute atomic E-state index is 12.1. The number of benzene rings is 1. The van der Waals surface area contributed by atoms with Crippen LogP contribution in [0.25, 0.3) is 0 Å². The normalized spacial score (nSPS) is 12.6. The van der Waals surface area contributed by atoms with Gasteiger partial charge in [0.25, 0.3) is 0 Å². The van der Waals surface area contributed by atoms with E-state index in [-0.39, 0.29) is 23.6 Å². The first kappa shape index (κ1) is 17.1. The van der Waals surface area contributed by atoms with Crippen molar-refractivity contribution in [3.63, 3.8) is 0 Å². The van der Waals surface area contributed by atoms with E-state index in [0.29, 0.717) is 12.1 Å². The number of sulfonamides is 1. The van der Waals surface area contributed by atoms with Gasteiger partial charge < -0.3 is 5.73 Å². The van der Waals surface area contributed by atoms with Crippen LogP contribution >= 0.6 is 0 Å². The van der Waals surface area contributed by atoms with Crippen molar-refractivity contribution in [3.05, 3.63) is 29.3 Å². The lowest BCUT2D eigenvalue weighted by Gasteiger charge is -2.10. The van der Waals surface area contributed by atoms with Gasteiger partial charge in [0, 0.05) is 19.3 Å².